The largest absolute Gasteiger partial charge is 0.508 e. The van der Waals surface area contributed by atoms with Gasteiger partial charge in [-0.05, 0) is 59.7 Å². The molecule has 0 unspecified atom stereocenters. The molecule has 0 spiro atoms. The number of halogens is 1. The predicted octanol–water partition coefficient (Wildman–Crippen LogP) is 4.55. The number of hydrogen-bond donors (Lipinski definition) is 3. The summed E-state index contributed by atoms with van der Waals surface area (Å²) >= 11 is 5.85. The minimum absolute atomic E-state index is 0.111. The second-order valence-corrected chi connectivity index (χ2v) is 8.25. The van der Waals surface area contributed by atoms with Crippen molar-refractivity contribution in [1.82, 2.24) is 20.2 Å². The number of aromatic nitrogens is 4. The van der Waals surface area contributed by atoms with Crippen molar-refractivity contribution in [3.05, 3.63) is 59.4 Å². The standard InChI is InChI=1S/C22H25ClN6O3/c23-16-7-9-17(10-8-16)24-21(31)32-14-13-29-20(26-27-28-29)22(11-2-1-3-12-22)25-18-5-4-6-19(30)15-18/h4-10,15,25,30H,1-3,11-14H2,(H,24,31). The maximum atomic E-state index is 12.1. The maximum Gasteiger partial charge on any atom is 0.411 e. The van der Waals surface area contributed by atoms with E-state index in [4.69, 9.17) is 16.3 Å². The van der Waals surface area contributed by atoms with Gasteiger partial charge in [0.2, 0.25) is 0 Å². The third-order valence-electron chi connectivity index (χ3n) is 5.52. The quantitative estimate of drug-likeness (QED) is 0.477. The molecule has 0 atom stereocenters. The van der Waals surface area contributed by atoms with E-state index in [1.807, 2.05) is 6.07 Å². The first-order chi connectivity index (χ1) is 15.5. The molecule has 9 nitrogen and oxygen atoms in total. The highest BCUT2D eigenvalue weighted by Gasteiger charge is 2.39. The van der Waals surface area contributed by atoms with Crippen LogP contribution in [0.1, 0.15) is 37.9 Å². The van der Waals surface area contributed by atoms with Crippen molar-refractivity contribution < 1.29 is 14.6 Å². The number of ether oxygens (including phenoxy) is 1. The number of carbonyl (C=O) groups excluding carboxylic acids is 1. The Balaban J connectivity index is 1.42. The zero-order valence-corrected chi connectivity index (χ0v) is 18.3. The summed E-state index contributed by atoms with van der Waals surface area (Å²) in [7, 11) is 0. The average Bonchev–Trinajstić information content (AvgIpc) is 3.25. The van der Waals surface area contributed by atoms with Gasteiger partial charge in [-0.1, -0.05) is 36.9 Å². The van der Waals surface area contributed by atoms with E-state index in [1.165, 1.54) is 0 Å². The lowest BCUT2D eigenvalue weighted by molar-refractivity contribution is 0.153. The first-order valence-corrected chi connectivity index (χ1v) is 11.0. The van der Waals surface area contributed by atoms with Crippen LogP contribution in [-0.4, -0.2) is 38.0 Å². The Morgan fingerprint density at radius 3 is 2.66 bits per heavy atom. The van der Waals surface area contributed by atoms with Crippen LogP contribution in [0.3, 0.4) is 0 Å². The second kappa shape index (κ2) is 9.86. The van der Waals surface area contributed by atoms with Gasteiger partial charge in [0.25, 0.3) is 0 Å². The number of phenols is 1. The van der Waals surface area contributed by atoms with Crippen molar-refractivity contribution >= 4 is 29.1 Å². The summed E-state index contributed by atoms with van der Waals surface area (Å²) in [6.07, 6.45) is 4.39. The molecule has 168 valence electrons. The molecule has 0 radical (unpaired) electrons. The number of phenolic OH excluding ortho intramolecular Hbond substituents is 1. The number of hydrogen-bond acceptors (Lipinski definition) is 7. The molecule has 0 bridgehead atoms. The van der Waals surface area contributed by atoms with Gasteiger partial charge < -0.3 is 15.2 Å². The fraction of sp³-hybridized carbons (Fsp3) is 0.364. The summed E-state index contributed by atoms with van der Waals surface area (Å²) in [5.41, 5.74) is 0.945. The Morgan fingerprint density at radius 2 is 1.91 bits per heavy atom. The zero-order chi connectivity index (χ0) is 22.4. The highest BCUT2D eigenvalue weighted by Crippen LogP contribution is 2.39. The van der Waals surface area contributed by atoms with E-state index in [9.17, 15) is 9.90 Å². The summed E-state index contributed by atoms with van der Waals surface area (Å²) in [4.78, 5) is 12.1. The number of amides is 1. The number of tetrazole rings is 1. The van der Waals surface area contributed by atoms with Gasteiger partial charge in [-0.2, -0.15) is 0 Å². The summed E-state index contributed by atoms with van der Waals surface area (Å²) in [5, 5.41) is 29.0. The Hall–Kier alpha value is -3.33. The van der Waals surface area contributed by atoms with E-state index >= 15 is 0 Å². The highest BCUT2D eigenvalue weighted by molar-refractivity contribution is 6.30. The predicted molar refractivity (Wildman–Crippen MR) is 121 cm³/mol. The van der Waals surface area contributed by atoms with Crippen LogP contribution in [-0.2, 0) is 16.8 Å². The number of anilines is 2. The normalized spacial score (nSPS) is 15.2. The van der Waals surface area contributed by atoms with Crippen molar-refractivity contribution in [2.24, 2.45) is 0 Å². The molecule has 1 aliphatic rings. The van der Waals surface area contributed by atoms with E-state index < -0.39 is 11.6 Å². The number of carbonyl (C=O) groups is 1. The Morgan fingerprint density at radius 1 is 1.12 bits per heavy atom. The van der Waals surface area contributed by atoms with Gasteiger partial charge in [0.15, 0.2) is 5.82 Å². The molecule has 4 rings (SSSR count). The van der Waals surface area contributed by atoms with Crippen molar-refractivity contribution in [3.8, 4) is 5.75 Å². The molecule has 1 fully saturated rings. The van der Waals surface area contributed by atoms with E-state index in [-0.39, 0.29) is 12.4 Å². The molecule has 0 saturated heterocycles. The van der Waals surface area contributed by atoms with Crippen molar-refractivity contribution in [3.63, 3.8) is 0 Å². The number of nitrogens with zero attached hydrogens (tertiary/aromatic N) is 4. The van der Waals surface area contributed by atoms with Crippen LogP contribution in [0.2, 0.25) is 5.02 Å². The van der Waals surface area contributed by atoms with Crippen molar-refractivity contribution in [2.75, 3.05) is 17.2 Å². The third-order valence-corrected chi connectivity index (χ3v) is 5.78. The number of nitrogens with one attached hydrogen (secondary N) is 2. The van der Waals surface area contributed by atoms with Crippen LogP contribution in [0.15, 0.2) is 48.5 Å². The topological polar surface area (TPSA) is 114 Å². The van der Waals surface area contributed by atoms with Gasteiger partial charge in [0.1, 0.15) is 12.4 Å². The lowest BCUT2D eigenvalue weighted by Gasteiger charge is -2.37. The first-order valence-electron chi connectivity index (χ1n) is 10.6. The second-order valence-electron chi connectivity index (χ2n) is 7.81. The van der Waals surface area contributed by atoms with E-state index in [2.05, 4.69) is 26.2 Å². The molecule has 3 N–H and O–H groups in total. The lowest BCUT2D eigenvalue weighted by Crippen LogP contribution is -2.40. The van der Waals surface area contributed by atoms with E-state index in [0.717, 1.165) is 37.8 Å². The fourth-order valence-electron chi connectivity index (χ4n) is 4.03. The molecule has 0 aliphatic heterocycles. The van der Waals surface area contributed by atoms with Gasteiger partial charge >= 0.3 is 6.09 Å². The molecule has 1 heterocycles. The van der Waals surface area contributed by atoms with Crippen molar-refractivity contribution in [1.29, 1.82) is 0 Å². The minimum Gasteiger partial charge on any atom is -0.508 e. The molecule has 1 amide bonds. The molecular formula is C22H25ClN6O3. The first kappa shape index (κ1) is 21.9. The van der Waals surface area contributed by atoms with E-state index in [1.54, 1.807) is 47.1 Å². The highest BCUT2D eigenvalue weighted by atomic mass is 35.5. The van der Waals surface area contributed by atoms with Crippen LogP contribution in [0.25, 0.3) is 0 Å². The van der Waals surface area contributed by atoms with Crippen LogP contribution in [0, 0.1) is 0 Å². The third kappa shape index (κ3) is 5.28. The van der Waals surface area contributed by atoms with Crippen LogP contribution in [0.4, 0.5) is 16.2 Å². The smallest absolute Gasteiger partial charge is 0.411 e. The van der Waals surface area contributed by atoms with Gasteiger partial charge in [-0.15, -0.1) is 5.10 Å². The lowest BCUT2D eigenvalue weighted by atomic mass is 9.80. The minimum atomic E-state index is -0.563. The average molecular weight is 457 g/mol. The molecular weight excluding hydrogens is 432 g/mol. The molecule has 1 aromatic heterocycles. The number of rotatable bonds is 7. The Bertz CT molecular complexity index is 1050. The molecule has 1 aliphatic carbocycles. The Kier molecular flexibility index (Phi) is 6.75. The van der Waals surface area contributed by atoms with Gasteiger partial charge in [0, 0.05) is 22.5 Å². The van der Waals surface area contributed by atoms with Crippen molar-refractivity contribution in [2.45, 2.75) is 44.2 Å². The van der Waals surface area contributed by atoms with Crippen LogP contribution >= 0.6 is 11.6 Å². The summed E-state index contributed by atoms with van der Waals surface area (Å²) in [6.45, 7) is 0.430. The van der Waals surface area contributed by atoms with Gasteiger partial charge in [-0.25, -0.2) is 9.48 Å². The molecule has 3 aromatic rings. The molecule has 2 aromatic carbocycles. The molecule has 32 heavy (non-hydrogen) atoms. The number of aromatic hydroxyl groups is 1. The number of benzene rings is 2. The van der Waals surface area contributed by atoms with Gasteiger partial charge in [-0.3, -0.25) is 5.32 Å². The summed E-state index contributed by atoms with van der Waals surface area (Å²) in [5.74, 6) is 0.892. The SMILES string of the molecule is O=C(Nc1ccc(Cl)cc1)OCCn1nnnc1C1(Nc2cccc(O)c2)CCCCC1. The zero-order valence-electron chi connectivity index (χ0n) is 17.5. The molecule has 1 saturated carbocycles. The Labute approximate surface area is 190 Å². The monoisotopic (exact) mass is 456 g/mol. The fourth-order valence-corrected chi connectivity index (χ4v) is 4.16. The van der Waals surface area contributed by atoms with Crippen LogP contribution in [0.5, 0.6) is 5.75 Å². The van der Waals surface area contributed by atoms with Crippen LogP contribution < -0.4 is 10.6 Å². The van der Waals surface area contributed by atoms with E-state index in [0.29, 0.717) is 23.1 Å². The summed E-state index contributed by atoms with van der Waals surface area (Å²) < 4.78 is 6.98. The molecule has 10 heteroatoms. The van der Waals surface area contributed by atoms with Gasteiger partial charge in [0.05, 0.1) is 12.1 Å². The summed E-state index contributed by atoms with van der Waals surface area (Å²) in [6, 6.07) is 13.8. The maximum absolute atomic E-state index is 12.1.